The molecule has 0 aromatic heterocycles. The van der Waals surface area contributed by atoms with E-state index in [0.717, 1.165) is 25.2 Å². The van der Waals surface area contributed by atoms with Crippen LogP contribution in [0.5, 0.6) is 0 Å². The third kappa shape index (κ3) is 4.52. The number of nitrogens with two attached hydrogens (primary N) is 1. The van der Waals surface area contributed by atoms with E-state index >= 15 is 0 Å². The monoisotopic (exact) mass is 226 g/mol. The van der Waals surface area contributed by atoms with E-state index in [0.29, 0.717) is 12.0 Å². The average Bonchev–Trinajstić information content (AvgIpc) is 2.20. The first kappa shape index (κ1) is 13.5. The van der Waals surface area contributed by atoms with E-state index in [2.05, 4.69) is 26.1 Å². The molecule has 3 N–H and O–H groups in total. The van der Waals surface area contributed by atoms with Crippen molar-refractivity contribution in [1.82, 2.24) is 5.32 Å². The highest BCUT2D eigenvalue weighted by Crippen LogP contribution is 2.23. The molecule has 3 heteroatoms. The fourth-order valence-electron chi connectivity index (χ4n) is 2.33. The smallest absolute Gasteiger partial charge is 0.237 e. The van der Waals surface area contributed by atoms with Gasteiger partial charge in [0.25, 0.3) is 0 Å². The number of rotatable bonds is 4. The predicted octanol–water partition coefficient (Wildman–Crippen LogP) is 2.05. The van der Waals surface area contributed by atoms with Gasteiger partial charge in [0.1, 0.15) is 0 Å². The Labute approximate surface area is 99.2 Å². The molecule has 0 radical (unpaired) electrons. The minimum absolute atomic E-state index is 0.0354. The fourth-order valence-corrected chi connectivity index (χ4v) is 2.33. The number of carbonyl (C=O) groups excluding carboxylic acids is 1. The molecule has 1 rings (SSSR count). The van der Waals surface area contributed by atoms with Gasteiger partial charge in [-0.3, -0.25) is 4.79 Å². The lowest BCUT2D eigenvalue weighted by atomic mass is 9.87. The maximum atomic E-state index is 11.8. The van der Waals surface area contributed by atoms with Gasteiger partial charge in [-0.15, -0.1) is 0 Å². The van der Waals surface area contributed by atoms with Gasteiger partial charge in [0, 0.05) is 6.04 Å². The Balaban J connectivity index is 2.28. The molecule has 1 atom stereocenters. The second-order valence-electron chi connectivity index (χ2n) is 5.70. The Morgan fingerprint density at radius 2 is 1.88 bits per heavy atom. The summed E-state index contributed by atoms with van der Waals surface area (Å²) in [5.41, 5.74) is 5.85. The van der Waals surface area contributed by atoms with Gasteiger partial charge < -0.3 is 11.1 Å². The van der Waals surface area contributed by atoms with Gasteiger partial charge in [0.05, 0.1) is 6.04 Å². The summed E-state index contributed by atoms with van der Waals surface area (Å²) in [6, 6.07) is 0.0289. The van der Waals surface area contributed by atoms with Crippen LogP contribution in [0.3, 0.4) is 0 Å². The Kier molecular flexibility index (Phi) is 5.26. The number of nitrogens with one attached hydrogen (secondary N) is 1. The largest absolute Gasteiger partial charge is 0.352 e. The van der Waals surface area contributed by atoms with Crippen LogP contribution in [0.2, 0.25) is 0 Å². The van der Waals surface area contributed by atoms with Crippen LogP contribution >= 0.6 is 0 Å². The van der Waals surface area contributed by atoms with Crippen molar-refractivity contribution in [1.29, 1.82) is 0 Å². The second-order valence-corrected chi connectivity index (χ2v) is 5.70. The molecular weight excluding hydrogens is 200 g/mol. The molecule has 0 unspecified atom stereocenters. The van der Waals surface area contributed by atoms with Crippen LogP contribution in [0.1, 0.15) is 52.9 Å². The zero-order valence-corrected chi connectivity index (χ0v) is 10.8. The molecule has 0 aromatic rings. The predicted molar refractivity (Wildman–Crippen MR) is 67.0 cm³/mol. The molecule has 94 valence electrons. The molecule has 3 nitrogen and oxygen atoms in total. The molecule has 16 heavy (non-hydrogen) atoms. The van der Waals surface area contributed by atoms with Crippen molar-refractivity contribution in [3.63, 3.8) is 0 Å². The van der Waals surface area contributed by atoms with Crippen molar-refractivity contribution in [2.75, 3.05) is 0 Å². The van der Waals surface area contributed by atoms with Gasteiger partial charge in [-0.1, -0.05) is 20.8 Å². The van der Waals surface area contributed by atoms with Gasteiger partial charge in [-0.05, 0) is 43.9 Å². The molecule has 0 bridgehead atoms. The minimum atomic E-state index is -0.334. The van der Waals surface area contributed by atoms with Gasteiger partial charge >= 0.3 is 0 Å². The molecule has 0 aromatic carbocycles. The van der Waals surface area contributed by atoms with Crippen molar-refractivity contribution >= 4 is 5.91 Å². The third-order valence-electron chi connectivity index (χ3n) is 3.42. The Morgan fingerprint density at radius 1 is 1.31 bits per heavy atom. The summed E-state index contributed by atoms with van der Waals surface area (Å²) >= 11 is 0. The van der Waals surface area contributed by atoms with Crippen molar-refractivity contribution < 1.29 is 4.79 Å². The summed E-state index contributed by atoms with van der Waals surface area (Å²) in [5.74, 6) is 1.33. The summed E-state index contributed by atoms with van der Waals surface area (Å²) < 4.78 is 0. The van der Waals surface area contributed by atoms with Crippen molar-refractivity contribution in [3.8, 4) is 0 Å². The first-order valence-electron chi connectivity index (χ1n) is 6.55. The van der Waals surface area contributed by atoms with E-state index < -0.39 is 0 Å². The van der Waals surface area contributed by atoms with Crippen LogP contribution in [0.25, 0.3) is 0 Å². The molecule has 1 fully saturated rings. The van der Waals surface area contributed by atoms with E-state index in [1.165, 1.54) is 12.8 Å². The summed E-state index contributed by atoms with van der Waals surface area (Å²) in [6.45, 7) is 6.47. The quantitative estimate of drug-likeness (QED) is 0.771. The maximum Gasteiger partial charge on any atom is 0.237 e. The van der Waals surface area contributed by atoms with Crippen molar-refractivity contribution in [2.24, 2.45) is 17.6 Å². The summed E-state index contributed by atoms with van der Waals surface area (Å²) in [5, 5.41) is 3.08. The van der Waals surface area contributed by atoms with Gasteiger partial charge in [-0.2, -0.15) is 0 Å². The number of hydrogen-bond acceptors (Lipinski definition) is 2. The highest BCUT2D eigenvalue weighted by molar-refractivity contribution is 5.81. The molecular formula is C13H26N2O. The summed E-state index contributed by atoms with van der Waals surface area (Å²) in [7, 11) is 0. The highest BCUT2D eigenvalue weighted by Gasteiger charge is 2.22. The van der Waals surface area contributed by atoms with E-state index in [1.807, 2.05) is 0 Å². The normalized spacial score (nSPS) is 27.8. The van der Waals surface area contributed by atoms with Crippen LogP contribution in [-0.2, 0) is 4.79 Å². The molecule has 1 aliphatic rings. The van der Waals surface area contributed by atoms with E-state index in [1.54, 1.807) is 0 Å². The standard InChI is InChI=1S/C13H26N2O/c1-9(2)8-12(14)13(16)15-11-6-4-10(3)5-7-11/h9-12H,4-8,14H2,1-3H3,(H,15,16)/t10?,11?,12-/m0/s1. The molecule has 1 amide bonds. The average molecular weight is 226 g/mol. The SMILES string of the molecule is CC(C)C[C@H](N)C(=O)NC1CCC(C)CC1. The molecule has 0 aliphatic heterocycles. The Hall–Kier alpha value is -0.570. The van der Waals surface area contributed by atoms with Crippen LogP contribution in [0.15, 0.2) is 0 Å². The Bertz CT molecular complexity index is 220. The lowest BCUT2D eigenvalue weighted by Gasteiger charge is -2.28. The second kappa shape index (κ2) is 6.24. The summed E-state index contributed by atoms with van der Waals surface area (Å²) in [4.78, 5) is 11.8. The van der Waals surface area contributed by atoms with Crippen LogP contribution < -0.4 is 11.1 Å². The maximum absolute atomic E-state index is 11.8. The molecule has 0 heterocycles. The summed E-state index contributed by atoms with van der Waals surface area (Å²) in [6.07, 6.45) is 5.45. The van der Waals surface area contributed by atoms with E-state index in [9.17, 15) is 4.79 Å². The molecule has 0 saturated heterocycles. The van der Waals surface area contributed by atoms with Crippen LogP contribution in [0, 0.1) is 11.8 Å². The van der Waals surface area contributed by atoms with Crippen molar-refractivity contribution in [2.45, 2.75) is 65.0 Å². The van der Waals surface area contributed by atoms with Crippen LogP contribution in [0.4, 0.5) is 0 Å². The Morgan fingerprint density at radius 3 is 2.38 bits per heavy atom. The zero-order valence-electron chi connectivity index (χ0n) is 10.8. The lowest BCUT2D eigenvalue weighted by molar-refractivity contribution is -0.123. The van der Waals surface area contributed by atoms with Crippen molar-refractivity contribution in [3.05, 3.63) is 0 Å². The minimum Gasteiger partial charge on any atom is -0.352 e. The van der Waals surface area contributed by atoms with Gasteiger partial charge in [-0.25, -0.2) is 0 Å². The lowest BCUT2D eigenvalue weighted by Crippen LogP contribution is -2.46. The number of hydrogen-bond donors (Lipinski definition) is 2. The molecule has 0 spiro atoms. The van der Waals surface area contributed by atoms with Gasteiger partial charge in [0.2, 0.25) is 5.91 Å². The zero-order chi connectivity index (χ0) is 12.1. The third-order valence-corrected chi connectivity index (χ3v) is 3.42. The fraction of sp³-hybridized carbons (Fsp3) is 0.923. The first-order valence-corrected chi connectivity index (χ1v) is 6.55. The van der Waals surface area contributed by atoms with E-state index in [4.69, 9.17) is 5.73 Å². The first-order chi connectivity index (χ1) is 7.49. The molecule has 1 aliphatic carbocycles. The molecule has 1 saturated carbocycles. The highest BCUT2D eigenvalue weighted by atomic mass is 16.2. The number of amides is 1. The number of carbonyl (C=O) groups is 1. The van der Waals surface area contributed by atoms with E-state index in [-0.39, 0.29) is 11.9 Å². The van der Waals surface area contributed by atoms with Crippen LogP contribution in [-0.4, -0.2) is 18.0 Å². The van der Waals surface area contributed by atoms with Gasteiger partial charge in [0.15, 0.2) is 0 Å². The topological polar surface area (TPSA) is 55.1 Å².